The van der Waals surface area contributed by atoms with E-state index in [1.807, 2.05) is 0 Å². The first-order valence-electron chi connectivity index (χ1n) is 8.95. The molecule has 0 aliphatic heterocycles. The Morgan fingerprint density at radius 3 is 2.25 bits per heavy atom. The molecule has 118 valence electrons. The maximum Gasteiger partial charge on any atom is 0.0337 e. The largest absolute Gasteiger partial charge is 0.329 e. The van der Waals surface area contributed by atoms with Crippen LogP contribution in [0.15, 0.2) is 0 Å². The minimum atomic E-state index is 0.297. The molecule has 0 aromatic heterocycles. The summed E-state index contributed by atoms with van der Waals surface area (Å²) in [4.78, 5) is 2.87. The highest BCUT2D eigenvalue weighted by Crippen LogP contribution is 2.42. The molecule has 2 N–H and O–H groups in total. The molecular formula is C18H36N2. The predicted molar refractivity (Wildman–Crippen MR) is 87.8 cm³/mol. The van der Waals surface area contributed by atoms with Crippen LogP contribution in [0.1, 0.15) is 72.6 Å². The Morgan fingerprint density at radius 2 is 1.75 bits per heavy atom. The molecule has 2 saturated carbocycles. The summed E-state index contributed by atoms with van der Waals surface area (Å²) >= 11 is 0. The fourth-order valence-corrected chi connectivity index (χ4v) is 4.59. The van der Waals surface area contributed by atoms with E-state index in [9.17, 15) is 0 Å². The van der Waals surface area contributed by atoms with Gasteiger partial charge in [0.25, 0.3) is 0 Å². The van der Waals surface area contributed by atoms with Gasteiger partial charge in [0.05, 0.1) is 0 Å². The summed E-state index contributed by atoms with van der Waals surface area (Å²) in [6, 6.07) is 0.807. The predicted octanol–water partition coefficient (Wildman–Crippen LogP) is 4.04. The van der Waals surface area contributed by atoms with Gasteiger partial charge in [0.2, 0.25) is 0 Å². The molecular weight excluding hydrogens is 244 g/mol. The van der Waals surface area contributed by atoms with Crippen LogP contribution in [0.25, 0.3) is 0 Å². The molecule has 0 amide bonds. The molecule has 2 aliphatic rings. The molecule has 2 fully saturated rings. The second-order valence-corrected chi connectivity index (χ2v) is 8.11. The molecule has 3 atom stereocenters. The summed E-state index contributed by atoms with van der Waals surface area (Å²) < 4.78 is 0. The molecule has 0 aromatic rings. The third kappa shape index (κ3) is 3.39. The number of hydrogen-bond acceptors (Lipinski definition) is 2. The van der Waals surface area contributed by atoms with E-state index in [0.29, 0.717) is 5.54 Å². The van der Waals surface area contributed by atoms with E-state index in [2.05, 4.69) is 32.6 Å². The maximum atomic E-state index is 6.35. The lowest BCUT2D eigenvalue weighted by Crippen LogP contribution is -2.60. The second kappa shape index (κ2) is 6.79. The Hall–Kier alpha value is -0.0800. The smallest absolute Gasteiger partial charge is 0.0337 e. The lowest BCUT2D eigenvalue weighted by atomic mass is 9.69. The molecule has 0 aromatic carbocycles. The van der Waals surface area contributed by atoms with Crippen molar-refractivity contribution >= 4 is 0 Å². The molecule has 0 heterocycles. The van der Waals surface area contributed by atoms with Crippen LogP contribution in [0.3, 0.4) is 0 Å². The summed E-state index contributed by atoms with van der Waals surface area (Å²) in [5, 5.41) is 0. The van der Waals surface area contributed by atoms with Gasteiger partial charge in [-0.3, -0.25) is 4.90 Å². The van der Waals surface area contributed by atoms with E-state index in [1.54, 1.807) is 0 Å². The highest BCUT2D eigenvalue weighted by molar-refractivity contribution is 5.00. The van der Waals surface area contributed by atoms with Crippen molar-refractivity contribution in [1.29, 1.82) is 0 Å². The monoisotopic (exact) mass is 280 g/mol. The van der Waals surface area contributed by atoms with Crippen LogP contribution in [-0.4, -0.2) is 29.6 Å². The van der Waals surface area contributed by atoms with Gasteiger partial charge < -0.3 is 5.73 Å². The van der Waals surface area contributed by atoms with Crippen LogP contribution >= 0.6 is 0 Å². The molecule has 0 spiro atoms. The van der Waals surface area contributed by atoms with Crippen molar-refractivity contribution in [3.8, 4) is 0 Å². The van der Waals surface area contributed by atoms with Crippen molar-refractivity contribution in [2.75, 3.05) is 13.1 Å². The lowest BCUT2D eigenvalue weighted by Gasteiger charge is -2.52. The van der Waals surface area contributed by atoms with E-state index in [-0.39, 0.29) is 0 Å². The van der Waals surface area contributed by atoms with Crippen molar-refractivity contribution in [3.05, 3.63) is 0 Å². The van der Waals surface area contributed by atoms with Crippen LogP contribution in [-0.2, 0) is 0 Å². The molecule has 0 bridgehead atoms. The summed E-state index contributed by atoms with van der Waals surface area (Å²) in [6.07, 6.45) is 9.64. The normalized spacial score (nSPS) is 36.1. The van der Waals surface area contributed by atoms with Crippen molar-refractivity contribution in [1.82, 2.24) is 4.90 Å². The average molecular weight is 280 g/mol. The van der Waals surface area contributed by atoms with E-state index in [0.717, 1.165) is 30.3 Å². The zero-order valence-corrected chi connectivity index (χ0v) is 14.2. The van der Waals surface area contributed by atoms with Gasteiger partial charge in [0.1, 0.15) is 0 Å². The Bertz CT molecular complexity index is 296. The molecule has 20 heavy (non-hydrogen) atoms. The van der Waals surface area contributed by atoms with Crippen LogP contribution in [0.4, 0.5) is 0 Å². The molecule has 0 radical (unpaired) electrons. The van der Waals surface area contributed by atoms with Crippen molar-refractivity contribution < 1.29 is 0 Å². The Balaban J connectivity index is 2.18. The van der Waals surface area contributed by atoms with Gasteiger partial charge in [-0.1, -0.05) is 40.5 Å². The van der Waals surface area contributed by atoms with Crippen molar-refractivity contribution in [2.24, 2.45) is 23.5 Å². The van der Waals surface area contributed by atoms with Crippen LogP contribution in [0, 0.1) is 17.8 Å². The van der Waals surface area contributed by atoms with E-state index in [1.165, 1.54) is 51.5 Å². The highest BCUT2D eigenvalue weighted by atomic mass is 15.2. The highest BCUT2D eigenvalue weighted by Gasteiger charge is 2.44. The number of rotatable bonds is 5. The third-order valence-corrected chi connectivity index (χ3v) is 6.05. The SMILES string of the molecule is CC(C)CN(C1CCCC1)C1(CN)CCC(C)C(C)C1. The van der Waals surface area contributed by atoms with E-state index in [4.69, 9.17) is 5.73 Å². The first-order valence-corrected chi connectivity index (χ1v) is 8.95. The van der Waals surface area contributed by atoms with Gasteiger partial charge in [-0.2, -0.15) is 0 Å². The minimum absolute atomic E-state index is 0.297. The maximum absolute atomic E-state index is 6.35. The molecule has 2 heteroatoms. The Labute approximate surface area is 126 Å². The van der Waals surface area contributed by atoms with Crippen LogP contribution < -0.4 is 5.73 Å². The Morgan fingerprint density at radius 1 is 1.10 bits per heavy atom. The zero-order valence-electron chi connectivity index (χ0n) is 14.2. The van der Waals surface area contributed by atoms with Gasteiger partial charge in [0.15, 0.2) is 0 Å². The molecule has 2 nitrogen and oxygen atoms in total. The molecule has 0 saturated heterocycles. The number of hydrogen-bond donors (Lipinski definition) is 1. The summed E-state index contributed by atoms with van der Waals surface area (Å²) in [5.41, 5.74) is 6.65. The fraction of sp³-hybridized carbons (Fsp3) is 1.00. The first kappa shape index (κ1) is 16.3. The standard InChI is InChI=1S/C18H36N2/c1-14(2)12-20(17-7-5-6-8-17)18(13-19)10-9-15(3)16(4)11-18/h14-17H,5-13,19H2,1-4H3. The average Bonchev–Trinajstić information content (AvgIpc) is 2.93. The molecule has 2 aliphatic carbocycles. The van der Waals surface area contributed by atoms with Crippen molar-refractivity contribution in [3.63, 3.8) is 0 Å². The van der Waals surface area contributed by atoms with Gasteiger partial charge in [0, 0.05) is 24.7 Å². The van der Waals surface area contributed by atoms with Crippen molar-refractivity contribution in [2.45, 2.75) is 84.2 Å². The summed E-state index contributed by atoms with van der Waals surface area (Å²) in [6.45, 7) is 11.7. The van der Waals surface area contributed by atoms with Crippen LogP contribution in [0.5, 0.6) is 0 Å². The molecule has 3 unspecified atom stereocenters. The van der Waals surface area contributed by atoms with E-state index < -0.39 is 0 Å². The van der Waals surface area contributed by atoms with Gasteiger partial charge in [-0.25, -0.2) is 0 Å². The topological polar surface area (TPSA) is 29.3 Å². The number of nitrogens with two attached hydrogens (primary N) is 1. The van der Waals surface area contributed by atoms with E-state index >= 15 is 0 Å². The third-order valence-electron chi connectivity index (χ3n) is 6.05. The number of nitrogens with zero attached hydrogens (tertiary/aromatic N) is 1. The first-order chi connectivity index (χ1) is 9.48. The minimum Gasteiger partial charge on any atom is -0.329 e. The fourth-order valence-electron chi connectivity index (χ4n) is 4.59. The summed E-state index contributed by atoms with van der Waals surface area (Å²) in [7, 11) is 0. The second-order valence-electron chi connectivity index (χ2n) is 8.11. The van der Waals surface area contributed by atoms with Crippen LogP contribution in [0.2, 0.25) is 0 Å². The molecule has 2 rings (SSSR count). The lowest BCUT2D eigenvalue weighted by molar-refractivity contribution is -0.0155. The quantitative estimate of drug-likeness (QED) is 0.823. The van der Waals surface area contributed by atoms with Gasteiger partial charge in [-0.15, -0.1) is 0 Å². The summed E-state index contributed by atoms with van der Waals surface area (Å²) in [5.74, 6) is 2.44. The van der Waals surface area contributed by atoms with Gasteiger partial charge >= 0.3 is 0 Å². The zero-order chi connectivity index (χ0) is 14.8. The van der Waals surface area contributed by atoms with Gasteiger partial charge in [-0.05, 0) is 49.9 Å². The Kier molecular flexibility index (Phi) is 5.53.